The first kappa shape index (κ1) is 35.5. The molecule has 1 aliphatic carbocycles. The second kappa shape index (κ2) is 13.0. The first-order chi connectivity index (χ1) is 21.2. The van der Waals surface area contributed by atoms with Crippen LogP contribution in [0.15, 0.2) is 48.5 Å². The van der Waals surface area contributed by atoms with E-state index in [2.05, 4.69) is 10.6 Å². The minimum absolute atomic E-state index is 0.0980. The summed E-state index contributed by atoms with van der Waals surface area (Å²) in [6.45, 7) is 0. The summed E-state index contributed by atoms with van der Waals surface area (Å²) in [5.74, 6) is -11.5. The Hall–Kier alpha value is -3.34. The van der Waals surface area contributed by atoms with Crippen LogP contribution in [-0.4, -0.2) is 33.3 Å². The molecule has 3 N–H and O–H groups in total. The van der Waals surface area contributed by atoms with Crippen LogP contribution < -0.4 is 16.0 Å². The van der Waals surface area contributed by atoms with Gasteiger partial charge in [-0.3, -0.25) is 14.4 Å². The van der Waals surface area contributed by atoms with Crippen molar-refractivity contribution in [3.8, 4) is 0 Å². The van der Waals surface area contributed by atoms with Crippen molar-refractivity contribution >= 4 is 81.3 Å². The summed E-state index contributed by atoms with van der Waals surface area (Å²) in [6, 6.07) is 6.83. The molecule has 0 aliphatic heterocycles. The Morgan fingerprint density at radius 3 is 2.13 bits per heavy atom. The Morgan fingerprint density at radius 2 is 1.50 bits per heavy atom. The third-order valence-electron chi connectivity index (χ3n) is 6.44. The van der Waals surface area contributed by atoms with E-state index in [4.69, 9.17) is 34.8 Å². The van der Waals surface area contributed by atoms with Crippen molar-refractivity contribution in [3.63, 3.8) is 0 Å². The molecule has 6 nitrogen and oxygen atoms in total. The number of carbonyl (C=O) groups is 3. The van der Waals surface area contributed by atoms with E-state index in [1.54, 1.807) is 5.32 Å². The van der Waals surface area contributed by atoms with E-state index < -0.39 is 97.5 Å². The van der Waals surface area contributed by atoms with Gasteiger partial charge in [0.25, 0.3) is 5.91 Å². The fraction of sp³-hybridized carbons (Fsp3) is 0.222. The van der Waals surface area contributed by atoms with Gasteiger partial charge >= 0.3 is 11.7 Å². The lowest BCUT2D eigenvalue weighted by atomic mass is 10.0. The number of alkyl halides is 8. The number of anilines is 3. The lowest BCUT2D eigenvalue weighted by Crippen LogP contribution is -2.20. The van der Waals surface area contributed by atoms with Crippen LogP contribution in [0, 0.1) is 23.4 Å². The normalized spacial score (nSPS) is 17.3. The highest BCUT2D eigenvalue weighted by Crippen LogP contribution is 2.65. The minimum Gasteiger partial charge on any atom is -0.326 e. The minimum atomic E-state index is -5.03. The maximum atomic E-state index is 15.0. The standard InChI is InChI=1S/C27H15Cl3F9N3O3S/c28-14-3-2-11(40-24(45)20-19(25(20,29)30)10-1-4-15(31)13(7-10)26(34,35)36)8-12(14)23(44)41-17-6-5-16(32)22(21(17)33)42-18(43)9-46-27(37,38)39/h1-8,19-20H,9H2,(H,40,45)(H,41,44)(H,42,43)/t19-,20+/m0/s1. The Balaban J connectivity index is 1.49. The highest BCUT2D eigenvalue weighted by atomic mass is 35.5. The van der Waals surface area contributed by atoms with Gasteiger partial charge in [0.05, 0.1) is 33.5 Å². The van der Waals surface area contributed by atoms with Gasteiger partial charge in [-0.15, -0.1) is 23.2 Å². The molecule has 246 valence electrons. The number of hydrogen-bond donors (Lipinski definition) is 3. The lowest BCUT2D eigenvalue weighted by Gasteiger charge is -2.14. The lowest BCUT2D eigenvalue weighted by molar-refractivity contribution is -0.140. The number of rotatable bonds is 8. The molecule has 3 aromatic carbocycles. The Bertz CT molecular complexity index is 1720. The van der Waals surface area contributed by atoms with Crippen molar-refractivity contribution < 1.29 is 53.9 Å². The molecule has 4 rings (SSSR count). The van der Waals surface area contributed by atoms with Gasteiger partial charge in [-0.1, -0.05) is 17.7 Å². The highest BCUT2D eigenvalue weighted by molar-refractivity contribution is 8.00. The van der Waals surface area contributed by atoms with Crippen molar-refractivity contribution in [2.75, 3.05) is 21.7 Å². The molecule has 0 spiro atoms. The summed E-state index contributed by atoms with van der Waals surface area (Å²) in [7, 11) is 0. The van der Waals surface area contributed by atoms with Crippen LogP contribution in [0.2, 0.25) is 5.02 Å². The van der Waals surface area contributed by atoms with Gasteiger partial charge in [0, 0.05) is 11.6 Å². The van der Waals surface area contributed by atoms with E-state index in [1.165, 1.54) is 6.07 Å². The molecule has 3 aromatic rings. The fourth-order valence-corrected chi connectivity index (χ4v) is 5.69. The number of hydrogen-bond acceptors (Lipinski definition) is 4. The van der Waals surface area contributed by atoms with Crippen LogP contribution in [0.1, 0.15) is 27.4 Å². The number of halogens is 12. The Labute approximate surface area is 271 Å². The predicted molar refractivity (Wildman–Crippen MR) is 154 cm³/mol. The van der Waals surface area contributed by atoms with Crippen LogP contribution in [0.3, 0.4) is 0 Å². The van der Waals surface area contributed by atoms with Gasteiger partial charge in [-0.05, 0) is 59.8 Å². The van der Waals surface area contributed by atoms with E-state index in [1.807, 2.05) is 0 Å². The van der Waals surface area contributed by atoms with Crippen molar-refractivity contribution in [2.24, 2.45) is 5.92 Å². The van der Waals surface area contributed by atoms with Crippen LogP contribution >= 0.6 is 46.6 Å². The largest absolute Gasteiger partial charge is 0.442 e. The zero-order chi connectivity index (χ0) is 34.4. The quantitative estimate of drug-likeness (QED) is 0.159. The summed E-state index contributed by atoms with van der Waals surface area (Å²) in [5.41, 5.74) is -8.84. The van der Waals surface area contributed by atoms with Gasteiger partial charge in [-0.25, -0.2) is 13.2 Å². The highest BCUT2D eigenvalue weighted by Gasteiger charge is 2.67. The number of amides is 3. The van der Waals surface area contributed by atoms with Crippen molar-refractivity contribution in [3.05, 3.63) is 87.7 Å². The number of benzene rings is 3. The number of thioether (sulfide) groups is 1. The smallest absolute Gasteiger partial charge is 0.326 e. The fourth-order valence-electron chi connectivity index (χ4n) is 4.29. The van der Waals surface area contributed by atoms with Gasteiger partial charge in [-0.2, -0.15) is 26.3 Å². The molecule has 0 radical (unpaired) electrons. The van der Waals surface area contributed by atoms with E-state index in [-0.39, 0.29) is 21.8 Å². The third kappa shape index (κ3) is 7.96. The first-order valence-corrected chi connectivity index (χ1v) is 14.5. The van der Waals surface area contributed by atoms with Crippen molar-refractivity contribution in [2.45, 2.75) is 21.9 Å². The van der Waals surface area contributed by atoms with Crippen molar-refractivity contribution in [1.82, 2.24) is 0 Å². The summed E-state index contributed by atoms with van der Waals surface area (Å²) in [4.78, 5) is 37.7. The van der Waals surface area contributed by atoms with E-state index in [0.29, 0.717) is 18.2 Å². The van der Waals surface area contributed by atoms with Crippen LogP contribution in [-0.2, 0) is 15.8 Å². The van der Waals surface area contributed by atoms with E-state index in [0.717, 1.165) is 24.3 Å². The Morgan fingerprint density at radius 1 is 0.848 bits per heavy atom. The van der Waals surface area contributed by atoms with Gasteiger partial charge in [0.1, 0.15) is 21.7 Å². The molecule has 19 heteroatoms. The topological polar surface area (TPSA) is 87.3 Å². The average Bonchev–Trinajstić information content (AvgIpc) is 3.53. The molecule has 0 saturated heterocycles. The summed E-state index contributed by atoms with van der Waals surface area (Å²) in [6.07, 6.45) is -5.03. The SMILES string of the molecule is O=C(CSC(F)(F)F)Nc1c(F)ccc(NC(=O)c2cc(NC(=O)[C@H]3[C@H](c4ccc(F)c(C(F)(F)F)c4)C3(Cl)Cl)ccc2Cl)c1F. The molecule has 1 fully saturated rings. The van der Waals surface area contributed by atoms with Gasteiger partial charge in [0.15, 0.2) is 5.82 Å². The first-order valence-electron chi connectivity index (χ1n) is 12.4. The zero-order valence-electron chi connectivity index (χ0n) is 22.1. The van der Waals surface area contributed by atoms with Crippen LogP contribution in [0.4, 0.5) is 56.6 Å². The van der Waals surface area contributed by atoms with Crippen molar-refractivity contribution in [1.29, 1.82) is 0 Å². The monoisotopic (exact) mass is 737 g/mol. The zero-order valence-corrected chi connectivity index (χ0v) is 25.2. The van der Waals surface area contributed by atoms with E-state index in [9.17, 15) is 53.9 Å². The summed E-state index contributed by atoms with van der Waals surface area (Å²) in [5, 5.41) is 5.88. The predicted octanol–water partition coefficient (Wildman–Crippen LogP) is 8.75. The second-order valence-corrected chi connectivity index (χ2v) is 12.5. The average molecular weight is 739 g/mol. The number of carbonyl (C=O) groups excluding carboxylic acids is 3. The van der Waals surface area contributed by atoms with Crippen LogP contribution in [0.25, 0.3) is 0 Å². The van der Waals surface area contributed by atoms with Crippen LogP contribution in [0.5, 0.6) is 0 Å². The molecule has 3 amide bonds. The molecule has 0 bridgehead atoms. The van der Waals surface area contributed by atoms with E-state index >= 15 is 0 Å². The molecule has 1 saturated carbocycles. The molecular weight excluding hydrogens is 724 g/mol. The number of nitrogens with one attached hydrogen (secondary N) is 3. The Kier molecular flexibility index (Phi) is 10.1. The molecular formula is C27H15Cl3F9N3O3S. The third-order valence-corrected chi connectivity index (χ3v) is 8.44. The molecule has 46 heavy (non-hydrogen) atoms. The molecule has 0 heterocycles. The van der Waals surface area contributed by atoms with Gasteiger partial charge in [0.2, 0.25) is 11.8 Å². The maximum Gasteiger partial charge on any atom is 0.442 e. The maximum absolute atomic E-state index is 15.0. The summed E-state index contributed by atoms with van der Waals surface area (Å²) < 4.78 is 118. The molecule has 2 atom stereocenters. The second-order valence-electron chi connectivity index (χ2n) is 9.57. The molecule has 0 aromatic heterocycles. The molecule has 1 aliphatic rings. The summed E-state index contributed by atoms with van der Waals surface area (Å²) >= 11 is 17.7. The molecule has 0 unspecified atom stereocenters. The van der Waals surface area contributed by atoms with Gasteiger partial charge < -0.3 is 16.0 Å².